The molecule has 2 rings (SSSR count). The molecule has 0 aliphatic heterocycles. The molecule has 0 aliphatic rings. The van der Waals surface area contributed by atoms with Gasteiger partial charge in [0.15, 0.2) is 18.1 Å². The highest BCUT2D eigenvalue weighted by Gasteiger charge is 2.11. The molecule has 2 aromatic carbocycles. The van der Waals surface area contributed by atoms with Crippen LogP contribution in [0.4, 0.5) is 5.69 Å². The summed E-state index contributed by atoms with van der Waals surface area (Å²) in [6.45, 7) is 5.82. The molecule has 0 atom stereocenters. The quantitative estimate of drug-likeness (QED) is 0.879. The first kappa shape index (κ1) is 17.7. The Kier molecular flexibility index (Phi) is 5.68. The maximum atomic E-state index is 12.2. The second-order valence-corrected chi connectivity index (χ2v) is 5.68. The Balaban J connectivity index is 2.04. The predicted molar refractivity (Wildman–Crippen MR) is 94.3 cm³/mol. The third kappa shape index (κ3) is 4.41. The van der Waals surface area contributed by atoms with Crippen molar-refractivity contribution in [3.63, 3.8) is 0 Å². The van der Waals surface area contributed by atoms with Gasteiger partial charge in [0.05, 0.1) is 14.2 Å². The molecule has 1 amide bonds. The SMILES string of the molecule is COc1cc(C)c(NC(=O)COc2cc(C)cc(C)c2)cc1OC. The van der Waals surface area contributed by atoms with Crippen LogP contribution in [0.25, 0.3) is 0 Å². The van der Waals surface area contributed by atoms with Crippen molar-refractivity contribution in [3.8, 4) is 17.2 Å². The van der Waals surface area contributed by atoms with Crippen LogP contribution in [0, 0.1) is 20.8 Å². The van der Waals surface area contributed by atoms with Gasteiger partial charge >= 0.3 is 0 Å². The lowest BCUT2D eigenvalue weighted by molar-refractivity contribution is -0.118. The summed E-state index contributed by atoms with van der Waals surface area (Å²) >= 11 is 0. The Hall–Kier alpha value is -2.69. The third-order valence-corrected chi connectivity index (χ3v) is 3.57. The number of hydrogen-bond acceptors (Lipinski definition) is 4. The summed E-state index contributed by atoms with van der Waals surface area (Å²) < 4.78 is 16.1. The van der Waals surface area contributed by atoms with Crippen LogP contribution in [0.1, 0.15) is 16.7 Å². The minimum absolute atomic E-state index is 0.0589. The Morgan fingerprint density at radius 1 is 0.917 bits per heavy atom. The first-order chi connectivity index (χ1) is 11.4. The predicted octanol–water partition coefficient (Wildman–Crippen LogP) is 3.65. The Bertz CT molecular complexity index is 720. The minimum Gasteiger partial charge on any atom is -0.493 e. The van der Waals surface area contributed by atoms with E-state index >= 15 is 0 Å². The molecule has 0 fully saturated rings. The maximum Gasteiger partial charge on any atom is 0.262 e. The number of anilines is 1. The van der Waals surface area contributed by atoms with Gasteiger partial charge in [0.2, 0.25) is 0 Å². The van der Waals surface area contributed by atoms with Gasteiger partial charge in [-0.25, -0.2) is 0 Å². The van der Waals surface area contributed by atoms with E-state index in [-0.39, 0.29) is 12.5 Å². The summed E-state index contributed by atoms with van der Waals surface area (Å²) in [5.74, 6) is 1.64. The molecule has 1 N–H and O–H groups in total. The minimum atomic E-state index is -0.232. The molecule has 0 bridgehead atoms. The van der Waals surface area contributed by atoms with Crippen molar-refractivity contribution in [1.82, 2.24) is 0 Å². The van der Waals surface area contributed by atoms with Gasteiger partial charge in [-0.15, -0.1) is 0 Å². The molecule has 0 saturated carbocycles. The first-order valence-corrected chi connectivity index (χ1v) is 7.66. The van der Waals surface area contributed by atoms with E-state index in [1.54, 1.807) is 20.3 Å². The summed E-state index contributed by atoms with van der Waals surface area (Å²) in [5, 5.41) is 2.84. The van der Waals surface area contributed by atoms with Gasteiger partial charge in [0.1, 0.15) is 5.75 Å². The molecule has 0 spiro atoms. The van der Waals surface area contributed by atoms with E-state index in [1.807, 2.05) is 39.0 Å². The van der Waals surface area contributed by atoms with Crippen molar-refractivity contribution in [1.29, 1.82) is 0 Å². The van der Waals surface area contributed by atoms with E-state index in [2.05, 4.69) is 11.4 Å². The molecule has 0 saturated heterocycles. The molecule has 0 heterocycles. The molecular formula is C19H23NO4. The van der Waals surface area contributed by atoms with Crippen LogP contribution in [0.5, 0.6) is 17.2 Å². The number of methoxy groups -OCH3 is 2. The van der Waals surface area contributed by atoms with E-state index in [0.717, 1.165) is 16.7 Å². The zero-order valence-electron chi connectivity index (χ0n) is 14.7. The van der Waals surface area contributed by atoms with Gasteiger partial charge in [0, 0.05) is 11.8 Å². The van der Waals surface area contributed by atoms with Gasteiger partial charge in [0.25, 0.3) is 5.91 Å². The number of rotatable bonds is 6. The van der Waals surface area contributed by atoms with Crippen LogP contribution < -0.4 is 19.5 Å². The Morgan fingerprint density at radius 2 is 1.50 bits per heavy atom. The van der Waals surface area contributed by atoms with Gasteiger partial charge in [-0.3, -0.25) is 4.79 Å². The number of hydrogen-bond donors (Lipinski definition) is 1. The molecule has 0 aliphatic carbocycles. The third-order valence-electron chi connectivity index (χ3n) is 3.57. The van der Waals surface area contributed by atoms with Gasteiger partial charge in [-0.05, 0) is 55.7 Å². The smallest absolute Gasteiger partial charge is 0.262 e. The lowest BCUT2D eigenvalue weighted by Crippen LogP contribution is -2.20. The largest absolute Gasteiger partial charge is 0.493 e. The van der Waals surface area contributed by atoms with Crippen molar-refractivity contribution in [2.24, 2.45) is 0 Å². The number of nitrogens with one attached hydrogen (secondary N) is 1. The lowest BCUT2D eigenvalue weighted by atomic mass is 10.1. The highest BCUT2D eigenvalue weighted by atomic mass is 16.5. The second kappa shape index (κ2) is 7.73. The summed E-state index contributed by atoms with van der Waals surface area (Å²) in [6, 6.07) is 9.42. The molecular weight excluding hydrogens is 306 g/mol. The topological polar surface area (TPSA) is 56.8 Å². The second-order valence-electron chi connectivity index (χ2n) is 5.68. The summed E-state index contributed by atoms with van der Waals surface area (Å²) in [5.41, 5.74) is 3.75. The zero-order valence-corrected chi connectivity index (χ0v) is 14.7. The molecule has 0 aromatic heterocycles. The van der Waals surface area contributed by atoms with E-state index in [4.69, 9.17) is 14.2 Å². The lowest BCUT2D eigenvalue weighted by Gasteiger charge is -2.14. The fraction of sp³-hybridized carbons (Fsp3) is 0.316. The summed E-state index contributed by atoms with van der Waals surface area (Å²) in [4.78, 5) is 12.2. The average Bonchev–Trinajstić information content (AvgIpc) is 2.53. The molecule has 5 nitrogen and oxygen atoms in total. The molecule has 5 heteroatoms. The van der Waals surface area contributed by atoms with E-state index in [9.17, 15) is 4.79 Å². The highest BCUT2D eigenvalue weighted by molar-refractivity contribution is 5.93. The molecule has 24 heavy (non-hydrogen) atoms. The van der Waals surface area contributed by atoms with Crippen LogP contribution >= 0.6 is 0 Å². The number of benzene rings is 2. The van der Waals surface area contributed by atoms with E-state index in [1.165, 1.54) is 0 Å². The molecule has 0 radical (unpaired) electrons. The number of ether oxygens (including phenoxy) is 3. The van der Waals surface area contributed by atoms with Gasteiger partial charge < -0.3 is 19.5 Å². The van der Waals surface area contributed by atoms with Crippen LogP contribution in [0.3, 0.4) is 0 Å². The van der Waals surface area contributed by atoms with Crippen LogP contribution in [-0.4, -0.2) is 26.7 Å². The summed E-state index contributed by atoms with van der Waals surface area (Å²) in [6.07, 6.45) is 0. The highest BCUT2D eigenvalue weighted by Crippen LogP contribution is 2.32. The average molecular weight is 329 g/mol. The maximum absolute atomic E-state index is 12.2. The fourth-order valence-electron chi connectivity index (χ4n) is 2.47. The molecule has 0 unspecified atom stereocenters. The zero-order chi connectivity index (χ0) is 17.7. The number of amides is 1. The number of carbonyl (C=O) groups is 1. The monoisotopic (exact) mass is 329 g/mol. The Morgan fingerprint density at radius 3 is 2.08 bits per heavy atom. The number of aryl methyl sites for hydroxylation is 3. The fourth-order valence-corrected chi connectivity index (χ4v) is 2.47. The Labute approximate surface area is 142 Å². The number of carbonyl (C=O) groups excluding carboxylic acids is 1. The standard InChI is InChI=1S/C19H23NO4/c1-12-6-13(2)8-15(7-12)24-11-19(21)20-16-10-18(23-5)17(22-4)9-14(16)3/h6-10H,11H2,1-5H3,(H,20,21). The van der Waals surface area contributed by atoms with Crippen molar-refractivity contribution < 1.29 is 19.0 Å². The summed E-state index contributed by atoms with van der Waals surface area (Å²) in [7, 11) is 3.13. The van der Waals surface area contributed by atoms with Crippen molar-refractivity contribution in [2.45, 2.75) is 20.8 Å². The van der Waals surface area contributed by atoms with E-state index < -0.39 is 0 Å². The van der Waals surface area contributed by atoms with Crippen molar-refractivity contribution in [3.05, 3.63) is 47.0 Å². The van der Waals surface area contributed by atoms with Crippen LogP contribution in [0.15, 0.2) is 30.3 Å². The molecule has 128 valence electrons. The van der Waals surface area contributed by atoms with Crippen molar-refractivity contribution in [2.75, 3.05) is 26.1 Å². The molecule has 2 aromatic rings. The first-order valence-electron chi connectivity index (χ1n) is 7.66. The normalized spacial score (nSPS) is 10.2. The van der Waals surface area contributed by atoms with Crippen molar-refractivity contribution >= 4 is 11.6 Å². The van der Waals surface area contributed by atoms with E-state index in [0.29, 0.717) is 22.9 Å². The van der Waals surface area contributed by atoms with Gasteiger partial charge in [-0.2, -0.15) is 0 Å². The van der Waals surface area contributed by atoms with Gasteiger partial charge in [-0.1, -0.05) is 6.07 Å². The van der Waals surface area contributed by atoms with Crippen LogP contribution in [-0.2, 0) is 4.79 Å². The van der Waals surface area contributed by atoms with Crippen LogP contribution in [0.2, 0.25) is 0 Å².